The van der Waals surface area contributed by atoms with Crippen LogP contribution in [-0.4, -0.2) is 15.6 Å². The van der Waals surface area contributed by atoms with Crippen molar-refractivity contribution in [3.05, 3.63) is 94.1 Å². The van der Waals surface area contributed by atoms with Gasteiger partial charge in [-0.25, -0.2) is 9.18 Å². The normalized spacial score (nSPS) is 10.9. The molecular weight excluding hydrogens is 343 g/mol. The van der Waals surface area contributed by atoms with Crippen molar-refractivity contribution in [3.63, 3.8) is 0 Å². The van der Waals surface area contributed by atoms with E-state index in [4.69, 9.17) is 0 Å². The van der Waals surface area contributed by atoms with Crippen molar-refractivity contribution in [2.24, 2.45) is 0 Å². The number of hydrogen-bond acceptors (Lipinski definition) is 2. The van der Waals surface area contributed by atoms with E-state index in [1.807, 2.05) is 48.7 Å². The number of nitrogens with one attached hydrogen (secondary N) is 1. The van der Waals surface area contributed by atoms with Crippen molar-refractivity contribution >= 4 is 5.97 Å². The van der Waals surface area contributed by atoms with Crippen molar-refractivity contribution in [1.82, 2.24) is 9.88 Å². The number of benzene rings is 2. The lowest BCUT2D eigenvalue weighted by Gasteiger charge is -2.10. The number of nitrogens with zero attached hydrogens (tertiary/aromatic N) is 1. The van der Waals surface area contributed by atoms with Crippen molar-refractivity contribution < 1.29 is 14.3 Å². The Morgan fingerprint density at radius 1 is 0.963 bits per heavy atom. The highest BCUT2D eigenvalue weighted by molar-refractivity contribution is 5.91. The zero-order valence-electron chi connectivity index (χ0n) is 15.5. The van der Waals surface area contributed by atoms with E-state index in [9.17, 15) is 14.3 Å². The highest BCUT2D eigenvalue weighted by atomic mass is 19.1. The zero-order chi connectivity index (χ0) is 19.4. The molecule has 0 amide bonds. The Bertz CT molecular complexity index is 931. The van der Waals surface area contributed by atoms with Gasteiger partial charge in [0.15, 0.2) is 0 Å². The molecule has 0 aliphatic heterocycles. The Kier molecular flexibility index (Phi) is 5.72. The molecule has 0 spiro atoms. The van der Waals surface area contributed by atoms with Crippen LogP contribution in [0.25, 0.3) is 0 Å². The van der Waals surface area contributed by atoms with E-state index in [0.717, 1.165) is 22.4 Å². The molecule has 1 aromatic heterocycles. The highest BCUT2D eigenvalue weighted by Gasteiger charge is 2.22. The average molecular weight is 366 g/mol. The third-order valence-corrected chi connectivity index (χ3v) is 4.85. The molecule has 0 bridgehead atoms. The molecule has 0 radical (unpaired) electrons. The number of halogens is 1. The predicted molar refractivity (Wildman–Crippen MR) is 103 cm³/mol. The van der Waals surface area contributed by atoms with Gasteiger partial charge >= 0.3 is 5.97 Å². The second-order valence-electron chi connectivity index (χ2n) is 6.63. The Labute approximate surface area is 158 Å². The van der Waals surface area contributed by atoms with Crippen molar-refractivity contribution in [2.45, 2.75) is 33.5 Å². The van der Waals surface area contributed by atoms with Gasteiger partial charge in [0.2, 0.25) is 0 Å². The lowest BCUT2D eigenvalue weighted by Crippen LogP contribution is -2.15. The molecule has 0 saturated carbocycles. The van der Waals surface area contributed by atoms with Gasteiger partial charge in [-0.1, -0.05) is 42.5 Å². The van der Waals surface area contributed by atoms with Crippen LogP contribution in [0.4, 0.5) is 4.39 Å². The van der Waals surface area contributed by atoms with Gasteiger partial charge in [0, 0.05) is 36.6 Å². The van der Waals surface area contributed by atoms with Crippen LogP contribution in [0.5, 0.6) is 0 Å². The minimum absolute atomic E-state index is 0.281. The lowest BCUT2D eigenvalue weighted by atomic mass is 10.1. The third-order valence-electron chi connectivity index (χ3n) is 4.85. The second-order valence-corrected chi connectivity index (χ2v) is 6.63. The molecule has 2 aromatic carbocycles. The van der Waals surface area contributed by atoms with Crippen LogP contribution in [-0.2, 0) is 19.6 Å². The Morgan fingerprint density at radius 2 is 1.63 bits per heavy atom. The first-order valence-electron chi connectivity index (χ1n) is 8.88. The van der Waals surface area contributed by atoms with E-state index >= 15 is 0 Å². The summed E-state index contributed by atoms with van der Waals surface area (Å²) < 4.78 is 15.1. The summed E-state index contributed by atoms with van der Waals surface area (Å²) in [6.45, 7) is 5.40. The van der Waals surface area contributed by atoms with Crippen LogP contribution in [0.15, 0.2) is 54.6 Å². The van der Waals surface area contributed by atoms with Crippen LogP contribution in [0.1, 0.15) is 38.4 Å². The molecule has 1 heterocycles. The molecule has 4 nitrogen and oxygen atoms in total. The summed E-state index contributed by atoms with van der Waals surface area (Å²) in [5.41, 5.74) is 4.83. The molecule has 0 aliphatic carbocycles. The molecule has 3 aromatic rings. The van der Waals surface area contributed by atoms with Gasteiger partial charge < -0.3 is 15.0 Å². The summed E-state index contributed by atoms with van der Waals surface area (Å²) in [6, 6.07) is 16.3. The maximum atomic E-state index is 13.1. The first-order valence-corrected chi connectivity index (χ1v) is 8.88. The number of hydrogen-bond donors (Lipinski definition) is 2. The Balaban J connectivity index is 1.84. The monoisotopic (exact) mass is 366 g/mol. The van der Waals surface area contributed by atoms with Crippen molar-refractivity contribution in [1.29, 1.82) is 0 Å². The topological polar surface area (TPSA) is 54.3 Å². The van der Waals surface area contributed by atoms with Crippen LogP contribution in [0.2, 0.25) is 0 Å². The molecule has 0 atom stereocenters. The average Bonchev–Trinajstić information content (AvgIpc) is 2.89. The van der Waals surface area contributed by atoms with E-state index in [1.165, 1.54) is 12.1 Å². The number of carboxylic acid groups (broad SMARTS) is 1. The fraction of sp³-hybridized carbons (Fsp3) is 0.227. The largest absolute Gasteiger partial charge is 0.478 e. The van der Waals surface area contributed by atoms with Crippen LogP contribution >= 0.6 is 0 Å². The van der Waals surface area contributed by atoms with Crippen LogP contribution in [0.3, 0.4) is 0 Å². The van der Waals surface area contributed by atoms with Gasteiger partial charge in [-0.3, -0.25) is 0 Å². The van der Waals surface area contributed by atoms with Crippen molar-refractivity contribution in [2.75, 3.05) is 0 Å². The van der Waals surface area contributed by atoms with E-state index < -0.39 is 5.97 Å². The van der Waals surface area contributed by atoms with E-state index in [2.05, 4.69) is 5.32 Å². The van der Waals surface area contributed by atoms with Gasteiger partial charge in [0.05, 0.1) is 5.56 Å². The number of aromatic carboxylic acids is 1. The molecule has 0 fully saturated rings. The molecule has 0 unspecified atom stereocenters. The third kappa shape index (κ3) is 4.26. The summed E-state index contributed by atoms with van der Waals surface area (Å²) in [7, 11) is 0. The standard InChI is InChI=1S/C22H23FN2O2/c1-15-20(13-24-12-17-6-4-3-5-7-17)21(22(26)27)16(2)25(15)14-18-8-10-19(23)11-9-18/h3-11,24H,12-14H2,1-2H3,(H,26,27). The molecule has 2 N–H and O–H groups in total. The van der Waals surface area contributed by atoms with Crippen molar-refractivity contribution in [3.8, 4) is 0 Å². The maximum absolute atomic E-state index is 13.1. The highest BCUT2D eigenvalue weighted by Crippen LogP contribution is 2.24. The number of aromatic nitrogens is 1. The number of rotatable bonds is 7. The zero-order valence-corrected chi connectivity index (χ0v) is 15.5. The second kappa shape index (κ2) is 8.18. The molecule has 140 valence electrons. The summed E-state index contributed by atoms with van der Waals surface area (Å²) in [6.07, 6.45) is 0. The molecule has 5 heteroatoms. The minimum Gasteiger partial charge on any atom is -0.478 e. The lowest BCUT2D eigenvalue weighted by molar-refractivity contribution is 0.0694. The predicted octanol–water partition coefficient (Wildman–Crippen LogP) is 4.28. The summed E-state index contributed by atoms with van der Waals surface area (Å²) in [4.78, 5) is 11.8. The fourth-order valence-electron chi connectivity index (χ4n) is 3.39. The van der Waals surface area contributed by atoms with Crippen LogP contribution < -0.4 is 5.32 Å². The van der Waals surface area contributed by atoms with Gasteiger partial charge in [0.25, 0.3) is 0 Å². The summed E-state index contributed by atoms with van der Waals surface area (Å²) >= 11 is 0. The smallest absolute Gasteiger partial charge is 0.337 e. The SMILES string of the molecule is Cc1c(CNCc2ccccc2)c(C(=O)O)c(C)n1Cc1ccc(F)cc1. The number of carboxylic acids is 1. The van der Waals surface area contributed by atoms with E-state index in [-0.39, 0.29) is 5.82 Å². The van der Waals surface area contributed by atoms with Gasteiger partial charge in [-0.05, 0) is 37.1 Å². The molecule has 0 aliphatic rings. The number of carbonyl (C=O) groups is 1. The molecule has 27 heavy (non-hydrogen) atoms. The Hall–Kier alpha value is -2.92. The van der Waals surface area contributed by atoms with E-state index in [1.54, 1.807) is 12.1 Å². The fourth-order valence-corrected chi connectivity index (χ4v) is 3.39. The molecular formula is C22H23FN2O2. The van der Waals surface area contributed by atoms with Crippen LogP contribution in [0, 0.1) is 19.7 Å². The summed E-state index contributed by atoms with van der Waals surface area (Å²) in [5, 5.41) is 13.1. The molecule has 3 rings (SSSR count). The van der Waals surface area contributed by atoms with Gasteiger partial charge in [0.1, 0.15) is 5.82 Å². The first-order chi connectivity index (χ1) is 13.0. The first kappa shape index (κ1) is 18.9. The van der Waals surface area contributed by atoms with Gasteiger partial charge in [-0.2, -0.15) is 0 Å². The minimum atomic E-state index is -0.926. The molecule has 0 saturated heterocycles. The quantitative estimate of drug-likeness (QED) is 0.656. The summed E-state index contributed by atoms with van der Waals surface area (Å²) in [5.74, 6) is -1.21. The maximum Gasteiger partial charge on any atom is 0.337 e. The van der Waals surface area contributed by atoms with Gasteiger partial charge in [-0.15, -0.1) is 0 Å². The van der Waals surface area contributed by atoms with E-state index in [0.29, 0.717) is 30.9 Å². The Morgan fingerprint density at radius 3 is 2.26 bits per heavy atom.